The monoisotopic (exact) mass is 804 g/mol. The molecule has 0 aromatic heterocycles. The summed E-state index contributed by atoms with van der Waals surface area (Å²) in [6.45, 7) is 4.82. The van der Waals surface area contributed by atoms with Crippen molar-refractivity contribution >= 4 is 11.9 Å². The Hall–Kier alpha value is -1.66. The number of nitrogens with one attached hydrogen (secondary N) is 1. The van der Waals surface area contributed by atoms with Gasteiger partial charge in [0.1, 0.15) is 0 Å². The van der Waals surface area contributed by atoms with Crippen molar-refractivity contribution < 1.29 is 24.5 Å². The van der Waals surface area contributed by atoms with Gasteiger partial charge in [0, 0.05) is 12.8 Å². The van der Waals surface area contributed by atoms with Gasteiger partial charge in [-0.2, -0.15) is 0 Å². The van der Waals surface area contributed by atoms with Gasteiger partial charge in [-0.15, -0.1) is 0 Å². The van der Waals surface area contributed by atoms with E-state index >= 15 is 0 Å². The van der Waals surface area contributed by atoms with Gasteiger partial charge in [0.15, 0.2) is 0 Å². The number of allylic oxidation sites excluding steroid dienone is 4. The highest BCUT2D eigenvalue weighted by Crippen LogP contribution is 2.16. The zero-order valence-electron chi connectivity index (χ0n) is 38.1. The topological polar surface area (TPSA) is 95.9 Å². The molecule has 57 heavy (non-hydrogen) atoms. The van der Waals surface area contributed by atoms with Crippen LogP contribution < -0.4 is 5.32 Å². The van der Waals surface area contributed by atoms with E-state index in [-0.39, 0.29) is 18.5 Å². The second-order valence-corrected chi connectivity index (χ2v) is 17.1. The lowest BCUT2D eigenvalue weighted by Gasteiger charge is -2.22. The molecule has 0 spiro atoms. The van der Waals surface area contributed by atoms with Gasteiger partial charge in [-0.25, -0.2) is 0 Å². The number of hydrogen-bond acceptors (Lipinski definition) is 5. The molecule has 0 heterocycles. The largest absolute Gasteiger partial charge is 0.466 e. The number of rotatable bonds is 46. The van der Waals surface area contributed by atoms with Crippen molar-refractivity contribution in [2.75, 3.05) is 13.2 Å². The number of esters is 1. The van der Waals surface area contributed by atoms with E-state index in [1.165, 1.54) is 161 Å². The molecule has 0 aliphatic heterocycles. The number of aliphatic hydroxyl groups excluding tert-OH is 2. The van der Waals surface area contributed by atoms with E-state index in [1.54, 1.807) is 0 Å². The predicted octanol–water partition coefficient (Wildman–Crippen LogP) is 14.7. The van der Waals surface area contributed by atoms with Crippen molar-refractivity contribution in [2.45, 2.75) is 276 Å². The fraction of sp³-hybridized carbons (Fsp3) is 0.882. The van der Waals surface area contributed by atoms with Crippen LogP contribution in [0.25, 0.3) is 0 Å². The van der Waals surface area contributed by atoms with Crippen molar-refractivity contribution in [3.05, 3.63) is 24.3 Å². The molecule has 6 heteroatoms. The van der Waals surface area contributed by atoms with Gasteiger partial charge in [0.2, 0.25) is 5.91 Å². The summed E-state index contributed by atoms with van der Waals surface area (Å²) in [5, 5.41) is 23.2. The molecule has 2 atom stereocenters. The van der Waals surface area contributed by atoms with E-state index in [9.17, 15) is 19.8 Å². The van der Waals surface area contributed by atoms with Crippen LogP contribution in [-0.4, -0.2) is 47.4 Å². The maximum absolute atomic E-state index is 12.4. The first-order chi connectivity index (χ1) is 28.0. The molecule has 0 fully saturated rings. The highest BCUT2D eigenvalue weighted by atomic mass is 16.5. The zero-order valence-corrected chi connectivity index (χ0v) is 38.1. The van der Waals surface area contributed by atoms with Crippen LogP contribution >= 0.6 is 0 Å². The van der Waals surface area contributed by atoms with E-state index in [2.05, 4.69) is 43.5 Å². The summed E-state index contributed by atoms with van der Waals surface area (Å²) < 4.78 is 5.43. The molecule has 0 saturated carbocycles. The molecule has 0 rings (SSSR count). The quantitative estimate of drug-likeness (QED) is 0.0324. The third-order valence-corrected chi connectivity index (χ3v) is 11.5. The Morgan fingerprint density at radius 3 is 1.40 bits per heavy atom. The second kappa shape index (κ2) is 47.0. The highest BCUT2D eigenvalue weighted by Gasteiger charge is 2.20. The van der Waals surface area contributed by atoms with Gasteiger partial charge in [-0.1, -0.05) is 224 Å². The molecule has 0 aliphatic carbocycles. The third kappa shape index (κ3) is 43.7. The van der Waals surface area contributed by atoms with Crippen LogP contribution in [0.2, 0.25) is 0 Å². The molecule has 0 aromatic carbocycles. The van der Waals surface area contributed by atoms with Crippen LogP contribution in [-0.2, 0) is 14.3 Å². The SMILES string of the molecule is CCC/C=C\C/C=C\CCCCCCCC(=O)OCCCCCCCCCCCC(=O)NC(CO)C(O)CCCCCCCCCCCCCCCCCCCC. The van der Waals surface area contributed by atoms with Gasteiger partial charge in [-0.05, 0) is 51.4 Å². The van der Waals surface area contributed by atoms with Crippen molar-refractivity contribution in [2.24, 2.45) is 0 Å². The number of hydrogen-bond donors (Lipinski definition) is 3. The first-order valence-electron chi connectivity index (χ1n) is 25.1. The summed E-state index contributed by atoms with van der Waals surface area (Å²) >= 11 is 0. The molecule has 0 aliphatic rings. The molecule has 2 unspecified atom stereocenters. The Balaban J connectivity index is 3.51. The van der Waals surface area contributed by atoms with E-state index in [1.807, 2.05) is 0 Å². The zero-order chi connectivity index (χ0) is 41.5. The van der Waals surface area contributed by atoms with Gasteiger partial charge in [-0.3, -0.25) is 9.59 Å². The summed E-state index contributed by atoms with van der Waals surface area (Å²) in [5.41, 5.74) is 0. The lowest BCUT2D eigenvalue weighted by Crippen LogP contribution is -2.45. The number of carbonyl (C=O) groups excluding carboxylic acids is 2. The molecule has 3 N–H and O–H groups in total. The lowest BCUT2D eigenvalue weighted by molar-refractivity contribution is -0.143. The summed E-state index contributed by atoms with van der Waals surface area (Å²) in [6.07, 6.45) is 54.2. The molecule has 0 aromatic rings. The maximum atomic E-state index is 12.4. The molecule has 1 amide bonds. The standard InChI is InChI=1S/C51H97NO5/c1-3-5-7-9-11-13-15-17-18-19-20-21-23-24-27-31-35-39-43-49(54)48(47-53)52-50(55)44-40-36-32-28-26-30-34-38-42-46-57-51(56)45-41-37-33-29-25-22-16-14-12-10-8-6-4-2/h8,10,14,16,48-49,53-54H,3-7,9,11-13,15,17-47H2,1-2H3,(H,52,55)/b10-8-,16-14-. The summed E-state index contributed by atoms with van der Waals surface area (Å²) in [6, 6.07) is -0.562. The number of amides is 1. The average molecular weight is 804 g/mol. The van der Waals surface area contributed by atoms with Crippen molar-refractivity contribution in [1.82, 2.24) is 5.32 Å². The Bertz CT molecular complexity index is 889. The van der Waals surface area contributed by atoms with Gasteiger partial charge < -0.3 is 20.3 Å². The first-order valence-corrected chi connectivity index (χ1v) is 25.1. The molecule has 0 radical (unpaired) electrons. The predicted molar refractivity (Wildman–Crippen MR) is 246 cm³/mol. The van der Waals surface area contributed by atoms with Crippen LogP contribution in [0, 0.1) is 0 Å². The molecular formula is C51H97NO5. The van der Waals surface area contributed by atoms with Gasteiger partial charge in [0.05, 0.1) is 25.4 Å². The van der Waals surface area contributed by atoms with Crippen LogP contribution in [0.1, 0.15) is 264 Å². The number of unbranched alkanes of at least 4 members (excludes halogenated alkanes) is 31. The summed E-state index contributed by atoms with van der Waals surface area (Å²) in [7, 11) is 0. The van der Waals surface area contributed by atoms with E-state index in [4.69, 9.17) is 4.74 Å². The fourth-order valence-corrected chi connectivity index (χ4v) is 7.62. The Morgan fingerprint density at radius 1 is 0.491 bits per heavy atom. The molecular weight excluding hydrogens is 707 g/mol. The minimum atomic E-state index is -0.682. The van der Waals surface area contributed by atoms with E-state index in [0.717, 1.165) is 70.6 Å². The van der Waals surface area contributed by atoms with E-state index < -0.39 is 12.1 Å². The lowest BCUT2D eigenvalue weighted by atomic mass is 10.0. The number of aliphatic hydroxyl groups is 2. The number of ether oxygens (including phenoxy) is 1. The minimum absolute atomic E-state index is 0.0401. The first kappa shape index (κ1) is 55.3. The molecule has 0 saturated heterocycles. The van der Waals surface area contributed by atoms with Gasteiger partial charge >= 0.3 is 5.97 Å². The normalized spacial score (nSPS) is 12.8. The fourth-order valence-electron chi connectivity index (χ4n) is 7.62. The Kier molecular flexibility index (Phi) is 45.7. The molecule has 6 nitrogen and oxygen atoms in total. The van der Waals surface area contributed by atoms with Crippen molar-refractivity contribution in [1.29, 1.82) is 0 Å². The van der Waals surface area contributed by atoms with Crippen molar-refractivity contribution in [3.8, 4) is 0 Å². The molecule has 0 bridgehead atoms. The second-order valence-electron chi connectivity index (χ2n) is 17.1. The average Bonchev–Trinajstić information content (AvgIpc) is 3.21. The van der Waals surface area contributed by atoms with Crippen LogP contribution in [0.4, 0.5) is 0 Å². The Labute approximate surface area is 354 Å². The Morgan fingerprint density at radius 2 is 0.912 bits per heavy atom. The number of carbonyl (C=O) groups is 2. The van der Waals surface area contributed by atoms with Gasteiger partial charge in [0.25, 0.3) is 0 Å². The summed E-state index contributed by atoms with van der Waals surface area (Å²) in [4.78, 5) is 24.4. The summed E-state index contributed by atoms with van der Waals surface area (Å²) in [5.74, 6) is -0.103. The smallest absolute Gasteiger partial charge is 0.305 e. The molecule has 336 valence electrons. The van der Waals surface area contributed by atoms with Crippen LogP contribution in [0.3, 0.4) is 0 Å². The third-order valence-electron chi connectivity index (χ3n) is 11.5. The maximum Gasteiger partial charge on any atom is 0.305 e. The van der Waals surface area contributed by atoms with Crippen molar-refractivity contribution in [3.63, 3.8) is 0 Å². The minimum Gasteiger partial charge on any atom is -0.466 e. The van der Waals surface area contributed by atoms with Crippen LogP contribution in [0.5, 0.6) is 0 Å². The van der Waals surface area contributed by atoms with Crippen LogP contribution in [0.15, 0.2) is 24.3 Å². The van der Waals surface area contributed by atoms with E-state index in [0.29, 0.717) is 25.9 Å². The highest BCUT2D eigenvalue weighted by molar-refractivity contribution is 5.76.